The van der Waals surface area contributed by atoms with E-state index in [1.54, 1.807) is 27.0 Å². The van der Waals surface area contributed by atoms with Crippen molar-refractivity contribution in [3.05, 3.63) is 59.4 Å². The van der Waals surface area contributed by atoms with Crippen molar-refractivity contribution < 1.29 is 27.5 Å². The molecule has 1 heterocycles. The van der Waals surface area contributed by atoms with E-state index in [9.17, 15) is 18.0 Å². The Hall–Kier alpha value is -2.65. The van der Waals surface area contributed by atoms with Crippen LogP contribution in [0.15, 0.2) is 53.7 Å². The van der Waals surface area contributed by atoms with Crippen molar-refractivity contribution in [3.8, 4) is 0 Å². The Kier molecular flexibility index (Phi) is 12.5. The molecule has 0 fully saturated rings. The Labute approximate surface area is 231 Å². The number of carbonyl (C=O) groups excluding carboxylic acids is 2. The third-order valence-corrected chi connectivity index (χ3v) is 8.04. The highest BCUT2D eigenvalue weighted by molar-refractivity contribution is 7.89. The second-order valence-electron chi connectivity index (χ2n) is 10.2. The Morgan fingerprint density at radius 3 is 2.32 bits per heavy atom. The first-order valence-electron chi connectivity index (χ1n) is 12.9. The third kappa shape index (κ3) is 11.0. The number of methoxy groups -OCH3 is 1. The van der Waals surface area contributed by atoms with E-state index in [0.717, 1.165) is 30.0 Å². The molecule has 0 radical (unpaired) electrons. The zero-order valence-corrected chi connectivity index (χ0v) is 24.3. The van der Waals surface area contributed by atoms with Crippen molar-refractivity contribution in [2.24, 2.45) is 5.92 Å². The maximum atomic E-state index is 13.3. The minimum atomic E-state index is -4.13. The Morgan fingerprint density at radius 1 is 1.03 bits per heavy atom. The molecule has 38 heavy (non-hydrogen) atoms. The zero-order chi connectivity index (χ0) is 28.2. The predicted molar refractivity (Wildman–Crippen MR) is 147 cm³/mol. The van der Waals surface area contributed by atoms with Crippen LogP contribution in [-0.2, 0) is 30.7 Å². The van der Waals surface area contributed by atoms with E-state index in [1.807, 2.05) is 18.3 Å². The van der Waals surface area contributed by atoms with Gasteiger partial charge in [-0.1, -0.05) is 36.9 Å². The minimum Gasteiger partial charge on any atom is -0.469 e. The van der Waals surface area contributed by atoms with Crippen LogP contribution in [0, 0.1) is 5.92 Å². The number of hydrogen-bond acceptors (Lipinski definition) is 7. The lowest BCUT2D eigenvalue weighted by Crippen LogP contribution is -2.41. The van der Waals surface area contributed by atoms with Crippen LogP contribution in [0.1, 0.15) is 71.3 Å². The molecule has 10 heteroatoms. The van der Waals surface area contributed by atoms with Gasteiger partial charge >= 0.3 is 12.1 Å². The van der Waals surface area contributed by atoms with Crippen molar-refractivity contribution in [1.29, 1.82) is 0 Å². The number of aromatic nitrogens is 1. The first kappa shape index (κ1) is 31.6. The summed E-state index contributed by atoms with van der Waals surface area (Å²) in [4.78, 5) is 28.7. The first-order chi connectivity index (χ1) is 17.9. The van der Waals surface area contributed by atoms with Crippen molar-refractivity contribution in [2.45, 2.75) is 82.6 Å². The molecule has 0 bridgehead atoms. The molecule has 0 aliphatic heterocycles. The molecule has 1 amide bonds. The van der Waals surface area contributed by atoms with Crippen LogP contribution in [0.25, 0.3) is 0 Å². The number of rotatable bonds is 14. The Morgan fingerprint density at radius 2 is 1.71 bits per heavy atom. The second kappa shape index (κ2) is 15.1. The molecule has 8 nitrogen and oxygen atoms in total. The number of halogens is 1. The second-order valence-corrected chi connectivity index (χ2v) is 12.5. The minimum absolute atomic E-state index is 0.0146. The van der Waals surface area contributed by atoms with Gasteiger partial charge in [-0.25, -0.2) is 17.5 Å². The number of ether oxygens (including phenoxy) is 2. The number of sulfonamides is 1. The Balaban J connectivity index is 2.03. The topological polar surface area (TPSA) is 103 Å². The van der Waals surface area contributed by atoms with Crippen LogP contribution in [0.2, 0.25) is 5.02 Å². The molecule has 0 unspecified atom stereocenters. The maximum absolute atomic E-state index is 13.3. The van der Waals surface area contributed by atoms with Gasteiger partial charge in [0.25, 0.3) is 10.0 Å². The number of carbonyl (C=O) groups is 2. The summed E-state index contributed by atoms with van der Waals surface area (Å²) in [7, 11) is -2.75. The summed E-state index contributed by atoms with van der Waals surface area (Å²) in [6.07, 6.45) is 8.44. The molecule has 0 N–H and O–H groups in total. The van der Waals surface area contributed by atoms with E-state index in [4.69, 9.17) is 21.1 Å². The zero-order valence-electron chi connectivity index (χ0n) is 22.7. The van der Waals surface area contributed by atoms with Crippen molar-refractivity contribution in [3.63, 3.8) is 0 Å². The number of esters is 1. The van der Waals surface area contributed by atoms with Crippen LogP contribution in [0.3, 0.4) is 0 Å². The van der Waals surface area contributed by atoms with Gasteiger partial charge in [-0.15, -0.1) is 0 Å². The molecule has 1 aromatic heterocycles. The number of nitrogens with zero attached hydrogens (tertiary/aromatic N) is 2. The summed E-state index contributed by atoms with van der Waals surface area (Å²) < 4.78 is 37.6. The molecule has 0 spiro atoms. The van der Waals surface area contributed by atoms with E-state index < -0.39 is 21.7 Å². The molecule has 1 atom stereocenters. The van der Waals surface area contributed by atoms with Gasteiger partial charge in [0.05, 0.1) is 12.0 Å². The van der Waals surface area contributed by atoms with E-state index >= 15 is 0 Å². The lowest BCUT2D eigenvalue weighted by Gasteiger charge is -2.27. The summed E-state index contributed by atoms with van der Waals surface area (Å²) in [6, 6.07) is 9.65. The highest BCUT2D eigenvalue weighted by Crippen LogP contribution is 2.25. The average molecular weight is 567 g/mol. The SMILES string of the molecule is COC(=O)CC[C@@H](CCCCN(C(=O)OC(C)(C)C)S(=O)(=O)c1ccc(Cl)cc1)CCCc1cccnc1. The van der Waals surface area contributed by atoms with E-state index in [0.29, 0.717) is 30.7 Å². The largest absolute Gasteiger partial charge is 0.469 e. The number of aryl methyl sites for hydroxylation is 1. The molecule has 0 saturated heterocycles. The molecule has 2 rings (SSSR count). The first-order valence-corrected chi connectivity index (χ1v) is 14.7. The van der Waals surface area contributed by atoms with Crippen LogP contribution < -0.4 is 0 Å². The highest BCUT2D eigenvalue weighted by Gasteiger charge is 2.32. The van der Waals surface area contributed by atoms with Crippen LogP contribution in [-0.4, -0.2) is 49.0 Å². The molecule has 1 aromatic carbocycles. The fourth-order valence-electron chi connectivity index (χ4n) is 4.04. The molecule has 210 valence electrons. The lowest BCUT2D eigenvalue weighted by atomic mass is 9.91. The molecular weight excluding hydrogens is 528 g/mol. The predicted octanol–water partition coefficient (Wildman–Crippen LogP) is 6.42. The van der Waals surface area contributed by atoms with Gasteiger partial charge in [0.1, 0.15) is 5.60 Å². The summed E-state index contributed by atoms with van der Waals surface area (Å²) in [5, 5.41) is 0.397. The van der Waals surface area contributed by atoms with E-state index in [2.05, 4.69) is 4.98 Å². The quantitative estimate of drug-likeness (QED) is 0.192. The molecular formula is C28H39ClN2O6S. The molecule has 0 aliphatic rings. The van der Waals surface area contributed by atoms with Gasteiger partial charge in [-0.3, -0.25) is 9.78 Å². The van der Waals surface area contributed by atoms with Gasteiger partial charge in [0.15, 0.2) is 0 Å². The normalized spacial score (nSPS) is 12.6. The van der Waals surface area contributed by atoms with Gasteiger partial charge in [-0.05, 0) is 88.3 Å². The smallest absolute Gasteiger partial charge is 0.424 e. The van der Waals surface area contributed by atoms with E-state index in [-0.39, 0.29) is 23.3 Å². The van der Waals surface area contributed by atoms with Gasteiger partial charge in [0.2, 0.25) is 0 Å². The number of benzene rings is 1. The standard InChI is InChI=1S/C28H39ClN2O6S/c1-28(2,3)37-27(33)31(38(34,35)25-16-14-24(29)15-17-25)20-6-5-9-22(13-18-26(32)36-4)10-7-11-23-12-8-19-30-21-23/h8,12,14-17,19,21-22H,5-7,9-11,13,18,20H2,1-4H3/t22-/m0/s1. The lowest BCUT2D eigenvalue weighted by molar-refractivity contribution is -0.141. The number of amides is 1. The monoisotopic (exact) mass is 566 g/mol. The van der Waals surface area contributed by atoms with Crippen LogP contribution in [0.5, 0.6) is 0 Å². The van der Waals surface area contributed by atoms with Crippen molar-refractivity contribution in [2.75, 3.05) is 13.7 Å². The van der Waals surface area contributed by atoms with Crippen molar-refractivity contribution in [1.82, 2.24) is 9.29 Å². The summed E-state index contributed by atoms with van der Waals surface area (Å²) in [6.45, 7) is 5.06. The molecule has 0 aliphatic carbocycles. The fourth-order valence-corrected chi connectivity index (χ4v) is 5.51. The highest BCUT2D eigenvalue weighted by atomic mass is 35.5. The summed E-state index contributed by atoms with van der Waals surface area (Å²) in [5.74, 6) is 0.0287. The van der Waals surface area contributed by atoms with Gasteiger partial charge < -0.3 is 9.47 Å². The Bertz CT molecular complexity index is 1120. The van der Waals surface area contributed by atoms with Crippen molar-refractivity contribution >= 4 is 33.7 Å². The average Bonchev–Trinajstić information content (AvgIpc) is 2.86. The molecule has 2 aromatic rings. The maximum Gasteiger partial charge on any atom is 0.424 e. The van der Waals surface area contributed by atoms with Gasteiger partial charge in [0, 0.05) is 30.4 Å². The van der Waals surface area contributed by atoms with Gasteiger partial charge in [-0.2, -0.15) is 0 Å². The summed E-state index contributed by atoms with van der Waals surface area (Å²) >= 11 is 5.92. The van der Waals surface area contributed by atoms with Crippen LogP contribution in [0.4, 0.5) is 4.79 Å². The fraction of sp³-hybridized carbons (Fsp3) is 0.536. The third-order valence-electron chi connectivity index (χ3n) is 6.01. The van der Waals surface area contributed by atoms with E-state index in [1.165, 1.54) is 36.9 Å². The van der Waals surface area contributed by atoms with Crippen LogP contribution >= 0.6 is 11.6 Å². The molecule has 0 saturated carbocycles. The number of pyridine rings is 1. The number of hydrogen-bond donors (Lipinski definition) is 0. The number of unbranched alkanes of at least 4 members (excludes halogenated alkanes) is 1. The summed E-state index contributed by atoms with van der Waals surface area (Å²) in [5.41, 5.74) is 0.317.